The van der Waals surface area contributed by atoms with Crippen LogP contribution in [0.15, 0.2) is 12.1 Å². The summed E-state index contributed by atoms with van der Waals surface area (Å²) >= 11 is 0. The molecule has 2 unspecified atom stereocenters. The van der Waals surface area contributed by atoms with Gasteiger partial charge in [0, 0.05) is 19.1 Å². The van der Waals surface area contributed by atoms with Gasteiger partial charge in [0.15, 0.2) is 0 Å². The first-order chi connectivity index (χ1) is 10.0. The molecule has 2 nitrogen and oxygen atoms in total. The highest BCUT2D eigenvalue weighted by Gasteiger charge is 2.25. The van der Waals surface area contributed by atoms with Gasteiger partial charge in [-0.25, -0.2) is 0 Å². The highest BCUT2D eigenvalue weighted by Crippen LogP contribution is 2.23. The summed E-state index contributed by atoms with van der Waals surface area (Å²) in [5.41, 5.74) is 5.81. The molecule has 0 saturated carbocycles. The van der Waals surface area contributed by atoms with Gasteiger partial charge in [0.1, 0.15) is 0 Å². The molecule has 2 atom stereocenters. The van der Waals surface area contributed by atoms with Crippen molar-refractivity contribution in [2.45, 2.75) is 60.0 Å². The molecular formula is C19H32N2. The van der Waals surface area contributed by atoms with Crippen LogP contribution in [0.1, 0.15) is 48.9 Å². The summed E-state index contributed by atoms with van der Waals surface area (Å²) in [6.45, 7) is 16.1. The van der Waals surface area contributed by atoms with E-state index in [1.807, 2.05) is 0 Å². The Morgan fingerprint density at radius 1 is 1.19 bits per heavy atom. The molecule has 2 heteroatoms. The quantitative estimate of drug-likeness (QED) is 0.886. The Balaban J connectivity index is 1.97. The number of likely N-dealkylation sites (tertiary alicyclic amines) is 1. The maximum Gasteiger partial charge on any atom is 0.0239 e. The smallest absolute Gasteiger partial charge is 0.0239 e. The average Bonchev–Trinajstić information content (AvgIpc) is 2.42. The molecule has 1 heterocycles. The lowest BCUT2D eigenvalue weighted by atomic mass is 9.92. The summed E-state index contributed by atoms with van der Waals surface area (Å²) in [4.78, 5) is 2.64. The zero-order chi connectivity index (χ0) is 15.4. The van der Waals surface area contributed by atoms with E-state index in [1.54, 1.807) is 0 Å². The lowest BCUT2D eigenvalue weighted by Gasteiger charge is -2.38. The van der Waals surface area contributed by atoms with Crippen LogP contribution in [0, 0.1) is 26.7 Å². The molecule has 1 aromatic rings. The Morgan fingerprint density at radius 2 is 1.86 bits per heavy atom. The number of hydrogen-bond acceptors (Lipinski definition) is 2. The molecule has 2 rings (SSSR count). The van der Waals surface area contributed by atoms with Crippen LogP contribution in [0.25, 0.3) is 0 Å². The van der Waals surface area contributed by atoms with Crippen LogP contribution >= 0.6 is 0 Å². The van der Waals surface area contributed by atoms with Crippen molar-refractivity contribution in [3.63, 3.8) is 0 Å². The van der Waals surface area contributed by atoms with Crippen LogP contribution in [0.3, 0.4) is 0 Å². The van der Waals surface area contributed by atoms with Crippen molar-refractivity contribution in [2.75, 3.05) is 19.6 Å². The van der Waals surface area contributed by atoms with Crippen molar-refractivity contribution in [1.82, 2.24) is 10.2 Å². The van der Waals surface area contributed by atoms with Crippen molar-refractivity contribution in [2.24, 2.45) is 5.92 Å². The number of benzene rings is 1. The fourth-order valence-electron chi connectivity index (χ4n) is 3.69. The Morgan fingerprint density at radius 3 is 2.43 bits per heavy atom. The third-order valence-corrected chi connectivity index (χ3v) is 4.87. The first-order valence-electron chi connectivity index (χ1n) is 8.53. The second-order valence-corrected chi connectivity index (χ2v) is 6.94. The van der Waals surface area contributed by atoms with Gasteiger partial charge in [-0.05, 0) is 69.3 Å². The van der Waals surface area contributed by atoms with E-state index in [1.165, 1.54) is 48.2 Å². The molecule has 21 heavy (non-hydrogen) atoms. The molecule has 1 aromatic carbocycles. The van der Waals surface area contributed by atoms with Crippen LogP contribution in [0.5, 0.6) is 0 Å². The average molecular weight is 288 g/mol. The Hall–Kier alpha value is -0.860. The lowest BCUT2D eigenvalue weighted by molar-refractivity contribution is 0.141. The van der Waals surface area contributed by atoms with Gasteiger partial charge in [-0.2, -0.15) is 0 Å². The van der Waals surface area contributed by atoms with Gasteiger partial charge in [0.25, 0.3) is 0 Å². The van der Waals surface area contributed by atoms with Crippen LogP contribution < -0.4 is 5.32 Å². The van der Waals surface area contributed by atoms with E-state index in [0.29, 0.717) is 6.04 Å². The van der Waals surface area contributed by atoms with E-state index in [2.05, 4.69) is 57.0 Å². The SMILES string of the molecule is CCCNC1CCN(Cc2c(C)cc(C)cc2C)CC1C. The van der Waals surface area contributed by atoms with Gasteiger partial charge >= 0.3 is 0 Å². The summed E-state index contributed by atoms with van der Waals surface area (Å²) in [6, 6.07) is 5.35. The van der Waals surface area contributed by atoms with Crippen molar-refractivity contribution in [3.05, 3.63) is 34.4 Å². The van der Waals surface area contributed by atoms with Crippen molar-refractivity contribution in [1.29, 1.82) is 0 Å². The summed E-state index contributed by atoms with van der Waals surface area (Å²) in [5.74, 6) is 0.747. The molecule has 0 bridgehead atoms. The largest absolute Gasteiger partial charge is 0.314 e. The zero-order valence-corrected chi connectivity index (χ0v) is 14.5. The number of piperidine rings is 1. The Bertz CT molecular complexity index is 444. The van der Waals surface area contributed by atoms with Crippen LogP contribution in [0.4, 0.5) is 0 Å². The first-order valence-corrected chi connectivity index (χ1v) is 8.53. The van der Waals surface area contributed by atoms with Crippen LogP contribution in [0.2, 0.25) is 0 Å². The van der Waals surface area contributed by atoms with Gasteiger partial charge in [0.05, 0.1) is 0 Å². The van der Waals surface area contributed by atoms with E-state index >= 15 is 0 Å². The zero-order valence-electron chi connectivity index (χ0n) is 14.5. The van der Waals surface area contributed by atoms with Crippen molar-refractivity contribution < 1.29 is 0 Å². The summed E-state index contributed by atoms with van der Waals surface area (Å²) in [5, 5.41) is 3.71. The molecule has 1 fully saturated rings. The third-order valence-electron chi connectivity index (χ3n) is 4.87. The minimum Gasteiger partial charge on any atom is -0.314 e. The molecule has 1 aliphatic heterocycles. The molecule has 0 radical (unpaired) electrons. The second-order valence-electron chi connectivity index (χ2n) is 6.94. The van der Waals surface area contributed by atoms with E-state index in [4.69, 9.17) is 0 Å². The Labute approximate surface area is 130 Å². The molecular weight excluding hydrogens is 256 g/mol. The van der Waals surface area contributed by atoms with Crippen molar-refractivity contribution >= 4 is 0 Å². The Kier molecular flexibility index (Phi) is 5.83. The molecule has 0 aliphatic carbocycles. The predicted octanol–water partition coefficient (Wildman–Crippen LogP) is 3.82. The highest BCUT2D eigenvalue weighted by atomic mass is 15.1. The topological polar surface area (TPSA) is 15.3 Å². The number of aryl methyl sites for hydroxylation is 3. The van der Waals surface area contributed by atoms with E-state index in [0.717, 1.165) is 19.0 Å². The molecule has 0 spiro atoms. The van der Waals surface area contributed by atoms with E-state index in [-0.39, 0.29) is 0 Å². The number of hydrogen-bond donors (Lipinski definition) is 1. The monoisotopic (exact) mass is 288 g/mol. The molecule has 0 aromatic heterocycles. The molecule has 118 valence electrons. The van der Waals surface area contributed by atoms with Gasteiger partial charge in [-0.1, -0.05) is 31.5 Å². The minimum absolute atomic E-state index is 0.710. The highest BCUT2D eigenvalue weighted by molar-refractivity contribution is 5.37. The van der Waals surface area contributed by atoms with Gasteiger partial charge in [0.2, 0.25) is 0 Å². The summed E-state index contributed by atoms with van der Waals surface area (Å²) in [7, 11) is 0. The lowest BCUT2D eigenvalue weighted by Crippen LogP contribution is -2.48. The van der Waals surface area contributed by atoms with Gasteiger partial charge < -0.3 is 5.32 Å². The molecule has 1 saturated heterocycles. The van der Waals surface area contributed by atoms with Crippen molar-refractivity contribution in [3.8, 4) is 0 Å². The van der Waals surface area contributed by atoms with Gasteiger partial charge in [-0.15, -0.1) is 0 Å². The van der Waals surface area contributed by atoms with E-state index in [9.17, 15) is 0 Å². The molecule has 0 amide bonds. The predicted molar refractivity (Wildman–Crippen MR) is 91.8 cm³/mol. The third kappa shape index (κ3) is 4.31. The fourth-order valence-corrected chi connectivity index (χ4v) is 3.69. The molecule has 1 aliphatic rings. The molecule has 1 N–H and O–H groups in total. The standard InChI is InChI=1S/C19H32N2/c1-6-8-20-19-7-9-21(12-17(19)5)13-18-15(3)10-14(2)11-16(18)4/h10-11,17,19-20H,6-9,12-13H2,1-5H3. The summed E-state index contributed by atoms with van der Waals surface area (Å²) in [6.07, 6.45) is 2.51. The maximum absolute atomic E-state index is 3.71. The number of nitrogens with zero attached hydrogens (tertiary/aromatic N) is 1. The second kappa shape index (κ2) is 7.42. The van der Waals surface area contributed by atoms with Gasteiger partial charge in [-0.3, -0.25) is 4.90 Å². The number of nitrogens with one attached hydrogen (secondary N) is 1. The fraction of sp³-hybridized carbons (Fsp3) is 0.684. The first kappa shape index (κ1) is 16.5. The summed E-state index contributed by atoms with van der Waals surface area (Å²) < 4.78 is 0. The normalized spacial score (nSPS) is 23.5. The van der Waals surface area contributed by atoms with Crippen LogP contribution in [-0.4, -0.2) is 30.6 Å². The maximum atomic E-state index is 3.71. The van der Waals surface area contributed by atoms with Crippen LogP contribution in [-0.2, 0) is 6.54 Å². The van der Waals surface area contributed by atoms with E-state index < -0.39 is 0 Å². The minimum atomic E-state index is 0.710. The number of rotatable bonds is 5.